The Kier molecular flexibility index (Phi) is 5.69. The summed E-state index contributed by atoms with van der Waals surface area (Å²) < 4.78 is 7.37. The van der Waals surface area contributed by atoms with Crippen LogP contribution in [0.5, 0.6) is 5.75 Å². The van der Waals surface area contributed by atoms with Gasteiger partial charge in [-0.1, -0.05) is 42.1 Å². The van der Waals surface area contributed by atoms with Crippen molar-refractivity contribution in [2.45, 2.75) is 12.1 Å². The molecule has 3 aromatic rings. The molecule has 25 heavy (non-hydrogen) atoms. The van der Waals surface area contributed by atoms with Crippen LogP contribution in [0.4, 0.5) is 5.69 Å². The van der Waals surface area contributed by atoms with Crippen LogP contribution in [0.25, 0.3) is 5.69 Å². The van der Waals surface area contributed by atoms with Gasteiger partial charge in [-0.3, -0.25) is 9.36 Å². The minimum absolute atomic E-state index is 0.125. The Balaban J connectivity index is 1.63. The van der Waals surface area contributed by atoms with Crippen LogP contribution >= 0.6 is 11.8 Å². The molecule has 128 valence electrons. The van der Waals surface area contributed by atoms with E-state index in [2.05, 4.69) is 15.5 Å². The number of nitrogens with zero attached hydrogens (tertiary/aromatic N) is 3. The van der Waals surface area contributed by atoms with E-state index in [1.807, 2.05) is 66.1 Å². The SMILES string of the molecule is CCOc1ccccc1NC(=O)CSc1nncn1-c1ccccc1. The number of carbonyl (C=O) groups excluding carboxylic acids is 1. The van der Waals surface area contributed by atoms with Gasteiger partial charge in [0.1, 0.15) is 12.1 Å². The maximum atomic E-state index is 12.3. The van der Waals surface area contributed by atoms with Gasteiger partial charge >= 0.3 is 0 Å². The van der Waals surface area contributed by atoms with Crippen molar-refractivity contribution in [1.82, 2.24) is 14.8 Å². The quantitative estimate of drug-likeness (QED) is 0.659. The van der Waals surface area contributed by atoms with Crippen molar-refractivity contribution in [2.24, 2.45) is 0 Å². The second-order valence-electron chi connectivity index (χ2n) is 5.09. The molecule has 1 aromatic heterocycles. The zero-order valence-electron chi connectivity index (χ0n) is 13.8. The first-order valence-corrected chi connectivity index (χ1v) is 8.86. The summed E-state index contributed by atoms with van der Waals surface area (Å²) in [5, 5.41) is 11.6. The summed E-state index contributed by atoms with van der Waals surface area (Å²) >= 11 is 1.33. The second kappa shape index (κ2) is 8.34. The summed E-state index contributed by atoms with van der Waals surface area (Å²) in [5.41, 5.74) is 1.62. The maximum absolute atomic E-state index is 12.3. The topological polar surface area (TPSA) is 69.0 Å². The lowest BCUT2D eigenvalue weighted by molar-refractivity contribution is -0.113. The molecule has 0 radical (unpaired) electrons. The summed E-state index contributed by atoms with van der Waals surface area (Å²) in [4.78, 5) is 12.3. The largest absolute Gasteiger partial charge is 0.492 e. The van der Waals surface area contributed by atoms with Crippen molar-refractivity contribution in [3.05, 3.63) is 60.9 Å². The van der Waals surface area contributed by atoms with Crippen LogP contribution in [-0.4, -0.2) is 33.0 Å². The van der Waals surface area contributed by atoms with Crippen LogP contribution < -0.4 is 10.1 Å². The summed E-state index contributed by atoms with van der Waals surface area (Å²) in [7, 11) is 0. The van der Waals surface area contributed by atoms with Crippen molar-refractivity contribution in [1.29, 1.82) is 0 Å². The fourth-order valence-corrected chi connectivity index (χ4v) is 2.99. The molecule has 0 aliphatic heterocycles. The molecule has 0 spiro atoms. The van der Waals surface area contributed by atoms with Gasteiger partial charge < -0.3 is 10.1 Å². The predicted octanol–water partition coefficient (Wildman–Crippen LogP) is 3.40. The van der Waals surface area contributed by atoms with Gasteiger partial charge in [0.2, 0.25) is 5.91 Å². The summed E-state index contributed by atoms with van der Waals surface area (Å²) in [5.74, 6) is 0.766. The van der Waals surface area contributed by atoms with E-state index >= 15 is 0 Å². The normalized spacial score (nSPS) is 10.4. The highest BCUT2D eigenvalue weighted by molar-refractivity contribution is 7.99. The number of amides is 1. The van der Waals surface area contributed by atoms with E-state index in [1.54, 1.807) is 6.33 Å². The van der Waals surface area contributed by atoms with E-state index < -0.39 is 0 Å². The zero-order valence-corrected chi connectivity index (χ0v) is 14.6. The molecule has 1 heterocycles. The van der Waals surface area contributed by atoms with Gasteiger partial charge in [0.15, 0.2) is 5.16 Å². The van der Waals surface area contributed by atoms with Gasteiger partial charge in [0.05, 0.1) is 18.0 Å². The molecule has 0 unspecified atom stereocenters. The maximum Gasteiger partial charge on any atom is 0.234 e. The first-order valence-electron chi connectivity index (χ1n) is 7.88. The summed E-state index contributed by atoms with van der Waals surface area (Å²) in [6.07, 6.45) is 1.64. The third-order valence-electron chi connectivity index (χ3n) is 3.34. The number of anilines is 1. The number of carbonyl (C=O) groups is 1. The Bertz CT molecular complexity index is 836. The molecule has 1 amide bonds. The molecule has 0 fully saturated rings. The van der Waals surface area contributed by atoms with Gasteiger partial charge in [-0.2, -0.15) is 0 Å². The Labute approximate surface area is 150 Å². The monoisotopic (exact) mass is 354 g/mol. The van der Waals surface area contributed by atoms with Crippen LogP contribution in [-0.2, 0) is 4.79 Å². The van der Waals surface area contributed by atoms with Crippen molar-refractivity contribution >= 4 is 23.4 Å². The number of nitrogens with one attached hydrogen (secondary N) is 1. The van der Waals surface area contributed by atoms with Gasteiger partial charge in [0.25, 0.3) is 0 Å². The van der Waals surface area contributed by atoms with Crippen LogP contribution in [0.2, 0.25) is 0 Å². The van der Waals surface area contributed by atoms with Gasteiger partial charge in [0, 0.05) is 5.69 Å². The third-order valence-corrected chi connectivity index (χ3v) is 4.29. The van der Waals surface area contributed by atoms with Gasteiger partial charge in [-0.05, 0) is 31.2 Å². The van der Waals surface area contributed by atoms with E-state index in [0.717, 1.165) is 5.69 Å². The Hall–Kier alpha value is -2.80. The molecule has 0 atom stereocenters. The number of hydrogen-bond acceptors (Lipinski definition) is 5. The molecule has 0 bridgehead atoms. The third kappa shape index (κ3) is 4.39. The first-order chi connectivity index (χ1) is 12.3. The lowest BCUT2D eigenvalue weighted by Gasteiger charge is -2.11. The lowest BCUT2D eigenvalue weighted by Crippen LogP contribution is -2.15. The van der Waals surface area contributed by atoms with Crippen molar-refractivity contribution in [3.8, 4) is 11.4 Å². The number of thioether (sulfide) groups is 1. The molecule has 0 aliphatic carbocycles. The molecular formula is C18H18N4O2S. The van der Waals surface area contributed by atoms with Gasteiger partial charge in [-0.15, -0.1) is 10.2 Å². The molecule has 0 saturated heterocycles. The molecule has 3 rings (SSSR count). The minimum Gasteiger partial charge on any atom is -0.492 e. The standard InChI is InChI=1S/C18H18N4O2S/c1-2-24-16-11-7-6-10-15(16)20-17(23)12-25-18-21-19-13-22(18)14-8-4-3-5-9-14/h3-11,13H,2,12H2,1H3,(H,20,23). The van der Waals surface area contributed by atoms with Crippen LogP contribution in [0.3, 0.4) is 0 Å². The minimum atomic E-state index is -0.125. The number of ether oxygens (including phenoxy) is 1. The number of aromatic nitrogens is 3. The van der Waals surface area contributed by atoms with E-state index in [9.17, 15) is 4.79 Å². The second-order valence-corrected chi connectivity index (χ2v) is 6.03. The fourth-order valence-electron chi connectivity index (χ4n) is 2.26. The highest BCUT2D eigenvalue weighted by Crippen LogP contribution is 2.25. The molecule has 6 nitrogen and oxygen atoms in total. The number of para-hydroxylation sites is 3. The fraction of sp³-hybridized carbons (Fsp3) is 0.167. The molecule has 0 aliphatic rings. The predicted molar refractivity (Wildman–Crippen MR) is 98.3 cm³/mol. The van der Waals surface area contributed by atoms with Crippen LogP contribution in [0.15, 0.2) is 66.1 Å². The summed E-state index contributed by atoms with van der Waals surface area (Å²) in [6.45, 7) is 2.45. The lowest BCUT2D eigenvalue weighted by atomic mass is 10.3. The van der Waals surface area contributed by atoms with Crippen molar-refractivity contribution in [2.75, 3.05) is 17.7 Å². The van der Waals surface area contributed by atoms with Crippen LogP contribution in [0.1, 0.15) is 6.92 Å². The highest BCUT2D eigenvalue weighted by Gasteiger charge is 2.11. The zero-order chi connectivity index (χ0) is 17.5. The number of hydrogen-bond donors (Lipinski definition) is 1. The van der Waals surface area contributed by atoms with Crippen molar-refractivity contribution in [3.63, 3.8) is 0 Å². The highest BCUT2D eigenvalue weighted by atomic mass is 32.2. The molecule has 1 N–H and O–H groups in total. The van der Waals surface area contributed by atoms with Gasteiger partial charge in [-0.25, -0.2) is 0 Å². The number of benzene rings is 2. The Morgan fingerprint density at radius 1 is 1.16 bits per heavy atom. The molecular weight excluding hydrogens is 336 g/mol. The molecule has 7 heteroatoms. The summed E-state index contributed by atoms with van der Waals surface area (Å²) in [6, 6.07) is 17.2. The molecule has 2 aromatic carbocycles. The number of rotatable bonds is 7. The average molecular weight is 354 g/mol. The Morgan fingerprint density at radius 2 is 1.92 bits per heavy atom. The van der Waals surface area contributed by atoms with E-state index in [-0.39, 0.29) is 11.7 Å². The van der Waals surface area contributed by atoms with Crippen molar-refractivity contribution < 1.29 is 9.53 Å². The average Bonchev–Trinajstić information content (AvgIpc) is 3.11. The van der Waals surface area contributed by atoms with E-state index in [1.165, 1.54) is 11.8 Å². The smallest absolute Gasteiger partial charge is 0.234 e. The van der Waals surface area contributed by atoms with E-state index in [0.29, 0.717) is 23.2 Å². The molecule has 0 saturated carbocycles. The Morgan fingerprint density at radius 3 is 2.72 bits per heavy atom. The first kappa shape index (κ1) is 17.0. The van der Waals surface area contributed by atoms with E-state index in [4.69, 9.17) is 4.74 Å². The van der Waals surface area contributed by atoms with Crippen LogP contribution in [0, 0.1) is 0 Å².